The summed E-state index contributed by atoms with van der Waals surface area (Å²) >= 11 is 0. The van der Waals surface area contributed by atoms with Crippen molar-refractivity contribution < 1.29 is 98.9 Å². The zero-order chi connectivity index (χ0) is 51.6. The fraction of sp³-hybridized carbons (Fsp3) is 0.920. The highest BCUT2D eigenvalue weighted by Crippen LogP contribution is 2.76. The molecule has 0 amide bonds. The third kappa shape index (κ3) is 8.52. The van der Waals surface area contributed by atoms with Gasteiger partial charge in [-0.3, -0.25) is 4.79 Å². The highest BCUT2D eigenvalue weighted by atomic mass is 16.7. The molecule has 0 aromatic rings. The molecular weight excluding hydrogens is 921 g/mol. The Kier molecular flexibility index (Phi) is 14.7. The SMILES string of the molecule is CC(=O)O[C@H]1C[C@]2(C)C(=CC[C@@H]3[C@@]4(C)CC[C@H](O[C@@H]5O[C@H](C(=O)O)[C@@H](O)[C@H](O[C@@H]6O[C@H](CO)[C@@H](O)[C@H](O)[C@H]6O)[C@H]5O)C(C)(C)[C@@H]4CC[C@]32C)[C@@H]2CC(C)(C)C[C@H](O)[C@]12CO[C@@H]1O[C@@H](C)[C@H](O)[C@@H](O)[C@H]1O. The van der Waals surface area contributed by atoms with Gasteiger partial charge in [-0.05, 0) is 103 Å². The Bertz CT molecular complexity index is 1960. The van der Waals surface area contributed by atoms with E-state index in [2.05, 4.69) is 54.5 Å². The molecule has 20 heteroatoms. The van der Waals surface area contributed by atoms with Gasteiger partial charge in [-0.1, -0.05) is 60.1 Å². The van der Waals surface area contributed by atoms with Crippen molar-refractivity contribution >= 4 is 11.9 Å². The van der Waals surface area contributed by atoms with Crippen LogP contribution >= 0.6 is 0 Å². The molecule has 0 aromatic carbocycles. The summed E-state index contributed by atoms with van der Waals surface area (Å²) in [4.78, 5) is 25.7. The first-order valence-electron chi connectivity index (χ1n) is 25.2. The lowest BCUT2D eigenvalue weighted by molar-refractivity contribution is -0.365. The number of hydrogen-bond acceptors (Lipinski definition) is 19. The van der Waals surface area contributed by atoms with Crippen molar-refractivity contribution in [2.45, 2.75) is 224 Å². The molecule has 20 nitrogen and oxygen atoms in total. The molecule has 3 saturated heterocycles. The fourth-order valence-electron chi connectivity index (χ4n) is 15.6. The van der Waals surface area contributed by atoms with E-state index in [1.807, 2.05) is 0 Å². The Morgan fingerprint density at radius 3 is 1.99 bits per heavy atom. The molecule has 0 bridgehead atoms. The largest absolute Gasteiger partial charge is 0.479 e. The lowest BCUT2D eigenvalue weighted by Crippen LogP contribution is -2.70. The number of carbonyl (C=O) groups is 2. The third-order valence-electron chi connectivity index (χ3n) is 19.6. The number of ether oxygens (including phenoxy) is 7. The van der Waals surface area contributed by atoms with E-state index in [0.29, 0.717) is 38.5 Å². The van der Waals surface area contributed by atoms with Crippen LogP contribution in [0.2, 0.25) is 0 Å². The predicted octanol–water partition coefficient (Wildman–Crippen LogP) is 0.246. The summed E-state index contributed by atoms with van der Waals surface area (Å²) in [6.07, 6.45) is -19.6. The molecule has 7 fully saturated rings. The molecule has 8 aliphatic rings. The number of aliphatic hydroxyl groups is 10. The van der Waals surface area contributed by atoms with Crippen molar-refractivity contribution in [1.82, 2.24) is 0 Å². The third-order valence-corrected chi connectivity index (χ3v) is 19.6. The average Bonchev–Trinajstić information content (AvgIpc) is 3.26. The predicted molar refractivity (Wildman–Crippen MR) is 241 cm³/mol. The molecule has 3 aliphatic heterocycles. The number of carboxylic acids is 1. The summed E-state index contributed by atoms with van der Waals surface area (Å²) in [5.74, 6) is -2.26. The Morgan fingerprint density at radius 1 is 0.700 bits per heavy atom. The molecule has 5 aliphatic carbocycles. The van der Waals surface area contributed by atoms with Crippen LogP contribution in [0.25, 0.3) is 0 Å². The van der Waals surface area contributed by atoms with Gasteiger partial charge in [0.25, 0.3) is 0 Å². The highest BCUT2D eigenvalue weighted by molar-refractivity contribution is 5.73. The van der Waals surface area contributed by atoms with E-state index >= 15 is 0 Å². The minimum Gasteiger partial charge on any atom is -0.479 e. The van der Waals surface area contributed by atoms with Gasteiger partial charge in [-0.15, -0.1) is 0 Å². The number of rotatable bonds is 10. The standard InChI is InChI=1S/C50H80O20/c1-21-31(54)33(56)35(58)42(65-21)64-20-50-24(16-45(3,4)17-28(50)53)23-10-11-27-47(7)14-13-29(46(5,6)26(47)12-15-48(27,8)49(23,9)18-30(50)66-22(2)52)68-44-38(61)39(37(60)40(70-44)41(62)63)69-43-36(59)34(57)32(55)25(19-51)67-43/h10,21,24-40,42-44,51,53-61H,11-20H2,1-9H3,(H,62,63)/t21-,24-,25+,26-,27+,28-,29-,30-,31-,32+,33+,34-,35+,36+,37-,38+,39-,40-,42+,43-,44+,47-,48+,49+,50+/m0/s1. The second-order valence-corrected chi connectivity index (χ2v) is 24.4. The number of carbonyl (C=O) groups excluding carboxylic acids is 1. The molecule has 70 heavy (non-hydrogen) atoms. The normalized spacial score (nSPS) is 53.0. The van der Waals surface area contributed by atoms with Crippen LogP contribution in [-0.4, -0.2) is 192 Å². The monoisotopic (exact) mass is 1000 g/mol. The molecule has 0 radical (unpaired) electrons. The molecular formula is C50H80O20. The second-order valence-electron chi connectivity index (χ2n) is 24.4. The van der Waals surface area contributed by atoms with E-state index in [1.165, 1.54) is 12.5 Å². The smallest absolute Gasteiger partial charge is 0.335 e. The van der Waals surface area contributed by atoms with E-state index < -0.39 is 145 Å². The van der Waals surface area contributed by atoms with Crippen LogP contribution < -0.4 is 0 Å². The first-order valence-corrected chi connectivity index (χ1v) is 25.2. The van der Waals surface area contributed by atoms with E-state index in [1.54, 1.807) is 6.92 Å². The van der Waals surface area contributed by atoms with Crippen molar-refractivity contribution in [2.75, 3.05) is 13.2 Å². The van der Waals surface area contributed by atoms with Gasteiger partial charge in [-0.2, -0.15) is 0 Å². The lowest BCUT2D eigenvalue weighted by Gasteiger charge is -2.72. The van der Waals surface area contributed by atoms with E-state index in [4.69, 9.17) is 33.2 Å². The van der Waals surface area contributed by atoms with Crippen LogP contribution in [-0.2, 0) is 42.7 Å². The Balaban J connectivity index is 1.07. The zero-order valence-corrected chi connectivity index (χ0v) is 41.9. The number of aliphatic hydroxyl groups excluding tert-OH is 10. The lowest BCUT2D eigenvalue weighted by atomic mass is 9.33. The maximum atomic E-state index is 13.2. The molecule has 3 heterocycles. The van der Waals surface area contributed by atoms with E-state index in [0.717, 1.165) is 12.8 Å². The van der Waals surface area contributed by atoms with Crippen LogP contribution in [0.3, 0.4) is 0 Å². The number of allylic oxidation sites excluding steroid dienone is 2. The topological polar surface area (TPSA) is 321 Å². The first kappa shape index (κ1) is 54.3. The van der Waals surface area contributed by atoms with Gasteiger partial charge >= 0.3 is 11.9 Å². The summed E-state index contributed by atoms with van der Waals surface area (Å²) in [5, 5.41) is 119. The number of esters is 1. The van der Waals surface area contributed by atoms with Gasteiger partial charge in [0.05, 0.1) is 36.9 Å². The molecule has 25 atom stereocenters. The second kappa shape index (κ2) is 19.0. The number of carboxylic acid groups (broad SMARTS) is 1. The Labute approximate surface area is 409 Å². The van der Waals surface area contributed by atoms with Crippen molar-refractivity contribution in [3.8, 4) is 0 Å². The van der Waals surface area contributed by atoms with Crippen LogP contribution in [0.4, 0.5) is 0 Å². The van der Waals surface area contributed by atoms with Crippen molar-refractivity contribution in [1.29, 1.82) is 0 Å². The Morgan fingerprint density at radius 2 is 1.34 bits per heavy atom. The van der Waals surface area contributed by atoms with Crippen molar-refractivity contribution in [2.24, 2.45) is 50.2 Å². The fourth-order valence-corrected chi connectivity index (χ4v) is 15.6. The maximum absolute atomic E-state index is 13.2. The molecule has 11 N–H and O–H groups in total. The minimum atomic E-state index is -1.99. The quantitative estimate of drug-likeness (QED) is 0.0794. The van der Waals surface area contributed by atoms with Gasteiger partial charge in [0.15, 0.2) is 25.0 Å². The van der Waals surface area contributed by atoms with E-state index in [9.17, 15) is 65.8 Å². The molecule has 0 aromatic heterocycles. The average molecular weight is 1000 g/mol. The van der Waals surface area contributed by atoms with Crippen molar-refractivity contribution in [3.63, 3.8) is 0 Å². The molecule has 0 unspecified atom stereocenters. The van der Waals surface area contributed by atoms with Crippen LogP contribution in [0.1, 0.15) is 114 Å². The van der Waals surface area contributed by atoms with Crippen LogP contribution in [0, 0.1) is 50.2 Å². The number of fused-ring (bicyclic) bond motifs is 7. The summed E-state index contributed by atoms with van der Waals surface area (Å²) in [6, 6.07) is 0. The summed E-state index contributed by atoms with van der Waals surface area (Å²) in [6.45, 7) is 17.4. The Hall–Kier alpha value is -1.96. The molecule has 4 saturated carbocycles. The molecule has 400 valence electrons. The summed E-state index contributed by atoms with van der Waals surface area (Å²) in [7, 11) is 0. The molecule has 0 spiro atoms. The first-order chi connectivity index (χ1) is 32.5. The number of aliphatic carboxylic acids is 1. The number of hydrogen-bond donors (Lipinski definition) is 11. The van der Waals surface area contributed by atoms with Gasteiger partial charge < -0.3 is 89.3 Å². The van der Waals surface area contributed by atoms with Gasteiger partial charge in [0.2, 0.25) is 0 Å². The van der Waals surface area contributed by atoms with Crippen LogP contribution in [0.15, 0.2) is 11.6 Å². The zero-order valence-electron chi connectivity index (χ0n) is 41.9. The van der Waals surface area contributed by atoms with Crippen LogP contribution in [0.5, 0.6) is 0 Å². The minimum absolute atomic E-state index is 0.0343. The van der Waals surface area contributed by atoms with Crippen molar-refractivity contribution in [3.05, 3.63) is 11.6 Å². The summed E-state index contributed by atoms with van der Waals surface area (Å²) < 4.78 is 42.3. The highest BCUT2D eigenvalue weighted by Gasteiger charge is 2.72. The van der Waals surface area contributed by atoms with Gasteiger partial charge in [0, 0.05) is 6.92 Å². The van der Waals surface area contributed by atoms with Gasteiger partial charge in [-0.25, -0.2) is 4.79 Å². The summed E-state index contributed by atoms with van der Waals surface area (Å²) in [5.41, 5.74) is -2.09. The molecule has 8 rings (SSSR count). The van der Waals surface area contributed by atoms with Gasteiger partial charge in [0.1, 0.15) is 67.1 Å². The van der Waals surface area contributed by atoms with E-state index in [-0.39, 0.29) is 40.6 Å². The maximum Gasteiger partial charge on any atom is 0.335 e.